The fraction of sp³-hybridized carbons (Fsp3) is 0.200. The number of aromatic nitrogens is 2. The van der Waals surface area contributed by atoms with Crippen LogP contribution >= 0.6 is 39.9 Å². The lowest BCUT2D eigenvalue weighted by atomic mass is 10.1. The van der Waals surface area contributed by atoms with Crippen LogP contribution in [0.4, 0.5) is 0 Å². The fourth-order valence-corrected chi connectivity index (χ4v) is 2.62. The lowest BCUT2D eigenvalue weighted by Gasteiger charge is -2.17. The lowest BCUT2D eigenvalue weighted by molar-refractivity contribution is 0.450. The Hall–Kier alpha value is -1.89. The second-order valence-electron chi connectivity index (χ2n) is 4.81. The molecule has 0 aliphatic carbocycles. The minimum Gasteiger partial charge on any atom is -0.431 e. The first-order valence-corrected chi connectivity index (χ1v) is 9.07. The molecule has 0 unspecified atom stereocenters. The summed E-state index contributed by atoms with van der Waals surface area (Å²) in [5, 5.41) is 10.0. The van der Waals surface area contributed by atoms with Gasteiger partial charge in [-0.05, 0) is 36.7 Å². The van der Waals surface area contributed by atoms with Crippen molar-refractivity contribution in [3.05, 3.63) is 38.6 Å². The van der Waals surface area contributed by atoms with Crippen molar-refractivity contribution in [3.63, 3.8) is 0 Å². The molecule has 0 aliphatic heterocycles. The van der Waals surface area contributed by atoms with Crippen LogP contribution in [-0.4, -0.2) is 40.4 Å². The summed E-state index contributed by atoms with van der Waals surface area (Å²) >= 11 is 9.84. The Kier molecular flexibility index (Phi) is 5.99. The first kappa shape index (κ1) is 18.4. The molecule has 2 aromatic rings. The quantitative estimate of drug-likeness (QED) is 0.460. The highest BCUT2D eigenvalue weighted by Crippen LogP contribution is 2.33. The molecule has 0 radical (unpaired) electrons. The van der Waals surface area contributed by atoms with E-state index in [1.807, 2.05) is 6.07 Å². The van der Waals surface area contributed by atoms with Crippen LogP contribution in [0.3, 0.4) is 0 Å². The predicted octanol–water partition coefficient (Wildman–Crippen LogP) is 3.02. The molecule has 1 aromatic heterocycles. The van der Waals surface area contributed by atoms with Crippen LogP contribution in [0.5, 0.6) is 5.75 Å². The number of nitriles is 1. The summed E-state index contributed by atoms with van der Waals surface area (Å²) in [6, 6.07) is 7.13. The average Bonchev–Trinajstić information content (AvgIpc) is 2.54. The Balaban J connectivity index is 2.69. The monoisotopic (exact) mass is 424 g/mol. The van der Waals surface area contributed by atoms with Gasteiger partial charge in [0, 0.05) is 24.1 Å². The van der Waals surface area contributed by atoms with Gasteiger partial charge < -0.3 is 14.6 Å². The van der Waals surface area contributed by atoms with Gasteiger partial charge in [-0.25, -0.2) is 4.98 Å². The van der Waals surface area contributed by atoms with E-state index in [0.29, 0.717) is 16.5 Å². The van der Waals surface area contributed by atoms with Crippen molar-refractivity contribution >= 4 is 45.1 Å². The molecule has 1 heterocycles. The molecule has 0 bridgehead atoms. The smallest absolute Gasteiger partial charge is 0.270 e. The number of benzene rings is 1. The Bertz CT molecular complexity index is 890. The highest BCUT2D eigenvalue weighted by Gasteiger charge is 2.18. The second kappa shape index (κ2) is 7.79. The molecule has 1 N–H and O–H groups in total. The van der Waals surface area contributed by atoms with Gasteiger partial charge in [-0.15, -0.1) is 0 Å². The Morgan fingerprint density at radius 1 is 1.50 bits per heavy atom. The number of thioether (sulfide) groups is 1. The zero-order valence-electron chi connectivity index (χ0n) is 13.1. The third-order valence-electron chi connectivity index (χ3n) is 2.96. The van der Waals surface area contributed by atoms with E-state index >= 15 is 0 Å². The Labute approximate surface area is 157 Å². The third kappa shape index (κ3) is 3.95. The molecule has 0 fully saturated rings. The van der Waals surface area contributed by atoms with E-state index in [9.17, 15) is 10.1 Å². The molecule has 0 saturated heterocycles. The number of aromatic amines is 1. The summed E-state index contributed by atoms with van der Waals surface area (Å²) < 4.78 is 6.49. The van der Waals surface area contributed by atoms with Crippen molar-refractivity contribution in [1.82, 2.24) is 14.9 Å². The van der Waals surface area contributed by atoms with Crippen LogP contribution in [0.1, 0.15) is 5.56 Å². The van der Waals surface area contributed by atoms with Crippen molar-refractivity contribution in [2.45, 2.75) is 5.16 Å². The van der Waals surface area contributed by atoms with Crippen LogP contribution in [0.25, 0.3) is 11.3 Å². The van der Waals surface area contributed by atoms with Crippen molar-refractivity contribution < 1.29 is 4.74 Å². The van der Waals surface area contributed by atoms with Crippen LogP contribution in [-0.2, 0) is 0 Å². The number of nitrogens with zero attached hydrogens (tertiary/aromatic N) is 3. The molecular formula is C15H13BrN4O2S2. The first-order valence-electron chi connectivity index (χ1n) is 6.64. The topological polar surface area (TPSA) is 82.0 Å². The minimum atomic E-state index is -0.490. The van der Waals surface area contributed by atoms with Crippen LogP contribution in [0.15, 0.2) is 32.6 Å². The van der Waals surface area contributed by atoms with Gasteiger partial charge in [0.2, 0.25) is 0 Å². The Morgan fingerprint density at radius 2 is 2.21 bits per heavy atom. The average molecular weight is 425 g/mol. The second-order valence-corrected chi connectivity index (χ2v) is 6.87. The maximum absolute atomic E-state index is 12.1. The number of thiocarbonyl (C=S) groups is 1. The normalized spacial score (nSPS) is 10.1. The molecular weight excluding hydrogens is 412 g/mol. The molecule has 1 aromatic carbocycles. The van der Waals surface area contributed by atoms with Gasteiger partial charge in [-0.3, -0.25) is 4.79 Å². The number of hydrogen-bond donors (Lipinski definition) is 1. The van der Waals surface area contributed by atoms with E-state index in [2.05, 4.69) is 25.9 Å². The minimum absolute atomic E-state index is 0.0734. The van der Waals surface area contributed by atoms with Gasteiger partial charge in [0.25, 0.3) is 10.7 Å². The van der Waals surface area contributed by atoms with E-state index in [1.54, 1.807) is 43.5 Å². The number of ether oxygens (including phenoxy) is 1. The molecule has 9 heteroatoms. The van der Waals surface area contributed by atoms with Gasteiger partial charge in [0.05, 0.1) is 0 Å². The number of halogens is 1. The van der Waals surface area contributed by atoms with Crippen LogP contribution in [0, 0.1) is 11.3 Å². The van der Waals surface area contributed by atoms with Crippen molar-refractivity contribution in [2.24, 2.45) is 0 Å². The lowest BCUT2D eigenvalue weighted by Crippen LogP contribution is -2.25. The molecule has 0 spiro atoms. The number of rotatable bonds is 3. The zero-order valence-corrected chi connectivity index (χ0v) is 16.3. The van der Waals surface area contributed by atoms with Crippen molar-refractivity contribution in [3.8, 4) is 23.1 Å². The maximum atomic E-state index is 12.1. The summed E-state index contributed by atoms with van der Waals surface area (Å²) in [4.78, 5) is 20.7. The molecule has 6 nitrogen and oxygen atoms in total. The van der Waals surface area contributed by atoms with E-state index in [-0.39, 0.29) is 16.4 Å². The van der Waals surface area contributed by atoms with E-state index in [0.717, 1.165) is 4.47 Å². The number of nitrogens with one attached hydrogen (secondary N) is 1. The standard InChI is InChI=1S/C15H13BrN4O2S2/c1-20(2)15(23)22-11-6-8(16)4-5-9(11)12-10(7-17)13(21)19-14(18-12)24-3/h4-6H,1-3H3,(H,18,19,21). The van der Waals surface area contributed by atoms with Crippen LogP contribution < -0.4 is 10.3 Å². The molecule has 2 rings (SSSR count). The van der Waals surface area contributed by atoms with E-state index in [1.165, 1.54) is 11.8 Å². The highest BCUT2D eigenvalue weighted by atomic mass is 79.9. The maximum Gasteiger partial charge on any atom is 0.270 e. The third-order valence-corrected chi connectivity index (χ3v) is 4.49. The molecule has 24 heavy (non-hydrogen) atoms. The summed E-state index contributed by atoms with van der Waals surface area (Å²) in [6.07, 6.45) is 1.79. The largest absolute Gasteiger partial charge is 0.431 e. The predicted molar refractivity (Wildman–Crippen MR) is 101 cm³/mol. The van der Waals surface area contributed by atoms with Gasteiger partial charge in [0.1, 0.15) is 23.1 Å². The van der Waals surface area contributed by atoms with Gasteiger partial charge in [0.15, 0.2) is 5.16 Å². The van der Waals surface area contributed by atoms with Crippen molar-refractivity contribution in [1.29, 1.82) is 5.26 Å². The summed E-state index contributed by atoms with van der Waals surface area (Å²) in [5.41, 5.74) is 0.210. The van der Waals surface area contributed by atoms with Crippen molar-refractivity contribution in [2.75, 3.05) is 20.4 Å². The van der Waals surface area contributed by atoms with E-state index < -0.39 is 5.56 Å². The highest BCUT2D eigenvalue weighted by molar-refractivity contribution is 9.10. The van der Waals surface area contributed by atoms with Gasteiger partial charge in [-0.2, -0.15) is 5.26 Å². The van der Waals surface area contributed by atoms with E-state index in [4.69, 9.17) is 17.0 Å². The summed E-state index contributed by atoms with van der Waals surface area (Å²) in [5.74, 6) is 0.407. The summed E-state index contributed by atoms with van der Waals surface area (Å²) in [6.45, 7) is 0. The SMILES string of the molecule is CSc1nc(-c2ccc(Br)cc2OC(=S)N(C)C)c(C#N)c(=O)[nH]1. The summed E-state index contributed by atoms with van der Waals surface area (Å²) in [7, 11) is 3.52. The number of hydrogen-bond acceptors (Lipinski definition) is 6. The molecule has 124 valence electrons. The first-order chi connectivity index (χ1) is 11.4. The van der Waals surface area contributed by atoms with Gasteiger partial charge in [-0.1, -0.05) is 27.7 Å². The van der Waals surface area contributed by atoms with Crippen LogP contribution in [0.2, 0.25) is 0 Å². The molecule has 0 aliphatic rings. The zero-order chi connectivity index (χ0) is 17.9. The Morgan fingerprint density at radius 3 is 2.79 bits per heavy atom. The fourth-order valence-electron chi connectivity index (χ4n) is 1.81. The number of H-pyrrole nitrogens is 1. The molecule has 0 atom stereocenters. The molecule has 0 amide bonds. The van der Waals surface area contributed by atoms with Gasteiger partial charge >= 0.3 is 0 Å². The molecule has 0 saturated carbocycles.